The maximum atomic E-state index is 13.7. The normalized spacial score (nSPS) is 13.5. The molecule has 0 radical (unpaired) electrons. The number of esters is 1. The van der Waals surface area contributed by atoms with E-state index in [1.807, 2.05) is 91.0 Å². The van der Waals surface area contributed by atoms with Gasteiger partial charge in [-0.2, -0.15) is 8.78 Å². The number of benzene rings is 4. The van der Waals surface area contributed by atoms with Crippen molar-refractivity contribution in [1.82, 2.24) is 4.98 Å². The number of rotatable bonds is 16. The minimum atomic E-state index is -3.04. The first-order chi connectivity index (χ1) is 24.3. The summed E-state index contributed by atoms with van der Waals surface area (Å²) in [5.74, 6) is -0.171. The van der Waals surface area contributed by atoms with E-state index in [1.54, 1.807) is 12.1 Å². The van der Waals surface area contributed by atoms with Gasteiger partial charge in [0, 0.05) is 18.8 Å². The lowest BCUT2D eigenvalue weighted by atomic mass is 9.80. The predicted octanol–water partition coefficient (Wildman–Crippen LogP) is 10.0. The maximum Gasteiger partial charge on any atom is 0.387 e. The molecule has 5 aromatic rings. The number of hydrogen-bond acceptors (Lipinski definition) is 6. The number of alkyl halides is 2. The molecule has 258 valence electrons. The average molecular weight is 719 g/mol. The highest BCUT2D eigenvalue weighted by molar-refractivity contribution is 6.35. The van der Waals surface area contributed by atoms with Crippen LogP contribution in [0.2, 0.25) is 10.0 Å². The van der Waals surface area contributed by atoms with E-state index < -0.39 is 24.3 Å². The van der Waals surface area contributed by atoms with Crippen LogP contribution < -0.4 is 9.47 Å². The van der Waals surface area contributed by atoms with E-state index in [1.165, 1.54) is 18.5 Å². The number of carbonyl (C=O) groups is 1. The summed E-state index contributed by atoms with van der Waals surface area (Å²) in [7, 11) is 0. The van der Waals surface area contributed by atoms with Crippen LogP contribution in [0.3, 0.4) is 0 Å². The fourth-order valence-corrected chi connectivity index (χ4v) is 6.36. The first-order valence-corrected chi connectivity index (χ1v) is 17.1. The van der Waals surface area contributed by atoms with E-state index in [2.05, 4.69) is 4.98 Å². The summed E-state index contributed by atoms with van der Waals surface area (Å²) < 4.78 is 50.0. The molecule has 1 unspecified atom stereocenters. The minimum absolute atomic E-state index is 0.0118. The monoisotopic (exact) mass is 717 g/mol. The van der Waals surface area contributed by atoms with Crippen molar-refractivity contribution in [3.8, 4) is 11.5 Å². The standard InChI is InChI=1S/C40H35Cl2F2NO5/c41-33-24-45-25-34(42)32(33)23-36(28-18-19-35(50-39(43)44)37(22-28)47-26-27-16-17-27)49-38(46)20-21-48-40(29-10-4-1-5-11-29,30-12-6-2-7-13-30)31-14-8-3-9-15-31/h1-15,18-19,22,24-25,27,36,39H,16-17,20-21,23,26H2. The number of nitrogens with zero attached hydrogens (tertiary/aromatic N) is 1. The van der Waals surface area contributed by atoms with Gasteiger partial charge in [0.25, 0.3) is 0 Å². The number of ether oxygens (including phenoxy) is 4. The molecular formula is C40H35Cl2F2NO5. The third-order valence-electron chi connectivity index (χ3n) is 8.51. The van der Waals surface area contributed by atoms with Crippen molar-refractivity contribution >= 4 is 29.2 Å². The lowest BCUT2D eigenvalue weighted by molar-refractivity contribution is -0.151. The number of aromatic nitrogens is 1. The lowest BCUT2D eigenvalue weighted by Crippen LogP contribution is -2.34. The highest BCUT2D eigenvalue weighted by atomic mass is 35.5. The highest BCUT2D eigenvalue weighted by Gasteiger charge is 2.37. The number of halogens is 4. The molecule has 1 aromatic heterocycles. The molecule has 1 saturated carbocycles. The zero-order valence-electron chi connectivity index (χ0n) is 27.0. The summed E-state index contributed by atoms with van der Waals surface area (Å²) >= 11 is 13.0. The number of carbonyl (C=O) groups excluding carboxylic acids is 1. The van der Waals surface area contributed by atoms with Crippen LogP contribution in [-0.2, 0) is 26.3 Å². The van der Waals surface area contributed by atoms with Crippen molar-refractivity contribution in [3.63, 3.8) is 0 Å². The van der Waals surface area contributed by atoms with Crippen molar-refractivity contribution in [1.29, 1.82) is 0 Å². The Morgan fingerprint density at radius 1 is 0.800 bits per heavy atom. The first kappa shape index (κ1) is 35.3. The summed E-state index contributed by atoms with van der Waals surface area (Å²) in [5, 5.41) is 0.589. The zero-order chi connectivity index (χ0) is 34.9. The Morgan fingerprint density at radius 3 is 1.88 bits per heavy atom. The van der Waals surface area contributed by atoms with E-state index in [0.717, 1.165) is 29.5 Å². The van der Waals surface area contributed by atoms with Crippen LogP contribution in [0.1, 0.15) is 53.2 Å². The topological polar surface area (TPSA) is 66.9 Å². The van der Waals surface area contributed by atoms with Gasteiger partial charge in [-0.1, -0.05) is 120 Å². The Balaban J connectivity index is 1.28. The Hall–Kier alpha value is -4.50. The van der Waals surface area contributed by atoms with Crippen molar-refractivity contribution in [2.75, 3.05) is 13.2 Å². The van der Waals surface area contributed by atoms with Crippen LogP contribution in [0.5, 0.6) is 11.5 Å². The molecule has 6 rings (SSSR count). The second-order valence-electron chi connectivity index (χ2n) is 12.0. The summed E-state index contributed by atoms with van der Waals surface area (Å²) in [6.45, 7) is -2.67. The van der Waals surface area contributed by atoms with Crippen LogP contribution >= 0.6 is 23.2 Å². The summed E-state index contributed by atoms with van der Waals surface area (Å²) in [4.78, 5) is 17.7. The van der Waals surface area contributed by atoms with Gasteiger partial charge in [-0.3, -0.25) is 9.78 Å². The van der Waals surface area contributed by atoms with Crippen LogP contribution in [0.4, 0.5) is 8.78 Å². The summed E-state index contributed by atoms with van der Waals surface area (Å²) in [6, 6.07) is 34.0. The Kier molecular flexibility index (Phi) is 11.6. The van der Waals surface area contributed by atoms with Crippen LogP contribution in [0.25, 0.3) is 0 Å². The third-order valence-corrected chi connectivity index (χ3v) is 9.16. The molecule has 0 spiro atoms. The van der Waals surface area contributed by atoms with E-state index in [4.69, 9.17) is 42.1 Å². The van der Waals surface area contributed by atoms with Gasteiger partial charge in [-0.25, -0.2) is 0 Å². The second kappa shape index (κ2) is 16.5. The van der Waals surface area contributed by atoms with Gasteiger partial charge < -0.3 is 18.9 Å². The number of hydrogen-bond donors (Lipinski definition) is 0. The third kappa shape index (κ3) is 8.62. The molecule has 1 aliphatic carbocycles. The fraction of sp³-hybridized carbons (Fsp3) is 0.250. The number of pyridine rings is 1. The molecular weight excluding hydrogens is 683 g/mol. The van der Waals surface area contributed by atoms with E-state index in [0.29, 0.717) is 33.7 Å². The Bertz CT molecular complexity index is 1740. The zero-order valence-corrected chi connectivity index (χ0v) is 28.5. The van der Waals surface area contributed by atoms with Gasteiger partial charge in [-0.05, 0) is 58.7 Å². The van der Waals surface area contributed by atoms with Gasteiger partial charge >= 0.3 is 12.6 Å². The average Bonchev–Trinajstić information content (AvgIpc) is 3.97. The van der Waals surface area contributed by atoms with E-state index >= 15 is 0 Å². The molecule has 1 aliphatic rings. The molecule has 1 heterocycles. The van der Waals surface area contributed by atoms with Crippen molar-refractivity contribution < 1.29 is 32.5 Å². The van der Waals surface area contributed by atoms with Gasteiger partial charge in [0.15, 0.2) is 11.5 Å². The minimum Gasteiger partial charge on any atom is -0.489 e. The summed E-state index contributed by atoms with van der Waals surface area (Å²) in [5.41, 5.74) is 2.68. The molecule has 1 atom stereocenters. The lowest BCUT2D eigenvalue weighted by Gasteiger charge is -2.36. The van der Waals surface area contributed by atoms with E-state index in [-0.39, 0.29) is 30.9 Å². The fourth-order valence-electron chi connectivity index (χ4n) is 5.84. The predicted molar refractivity (Wildman–Crippen MR) is 188 cm³/mol. The molecule has 0 aliphatic heterocycles. The van der Waals surface area contributed by atoms with Crippen LogP contribution in [-0.4, -0.2) is 30.8 Å². The van der Waals surface area contributed by atoms with Crippen molar-refractivity contribution in [2.24, 2.45) is 5.92 Å². The molecule has 10 heteroatoms. The van der Waals surface area contributed by atoms with Gasteiger partial charge in [0.1, 0.15) is 11.7 Å². The molecule has 0 N–H and O–H groups in total. The van der Waals surface area contributed by atoms with Crippen molar-refractivity contribution in [3.05, 3.63) is 159 Å². The largest absolute Gasteiger partial charge is 0.489 e. The second-order valence-corrected chi connectivity index (χ2v) is 12.8. The molecule has 50 heavy (non-hydrogen) atoms. The molecule has 0 amide bonds. The molecule has 4 aromatic carbocycles. The maximum absolute atomic E-state index is 13.7. The van der Waals surface area contributed by atoms with Gasteiger partial charge in [-0.15, -0.1) is 0 Å². The van der Waals surface area contributed by atoms with Gasteiger partial charge in [0.05, 0.1) is 29.7 Å². The summed E-state index contributed by atoms with van der Waals surface area (Å²) in [6.07, 6.45) is 4.00. The Labute approximate surface area is 299 Å². The molecule has 1 fully saturated rings. The van der Waals surface area contributed by atoms with Crippen LogP contribution in [0.15, 0.2) is 122 Å². The molecule has 6 nitrogen and oxygen atoms in total. The SMILES string of the molecule is O=C(CCOC(c1ccccc1)(c1ccccc1)c1ccccc1)OC(Cc1c(Cl)cncc1Cl)c1ccc(OC(F)F)c(OCC2CC2)c1. The smallest absolute Gasteiger partial charge is 0.387 e. The van der Waals surface area contributed by atoms with Crippen molar-refractivity contribution in [2.45, 2.75) is 44.0 Å². The molecule has 0 bridgehead atoms. The molecule has 0 saturated heterocycles. The first-order valence-electron chi connectivity index (χ1n) is 16.3. The highest BCUT2D eigenvalue weighted by Crippen LogP contribution is 2.41. The van der Waals surface area contributed by atoms with Crippen LogP contribution in [0, 0.1) is 5.92 Å². The quantitative estimate of drug-likeness (QED) is 0.0748. The van der Waals surface area contributed by atoms with Gasteiger partial charge in [0.2, 0.25) is 0 Å². The Morgan fingerprint density at radius 2 is 1.36 bits per heavy atom. The van der Waals surface area contributed by atoms with E-state index in [9.17, 15) is 13.6 Å².